The molecule has 0 atom stereocenters. The molecular weight excluding hydrogens is 342 g/mol. The second kappa shape index (κ2) is 5.54. The van der Waals surface area contributed by atoms with Crippen LogP contribution in [0.5, 0.6) is 0 Å². The van der Waals surface area contributed by atoms with Crippen molar-refractivity contribution in [2.75, 3.05) is 0 Å². The van der Waals surface area contributed by atoms with Crippen molar-refractivity contribution in [3.05, 3.63) is 40.5 Å². The van der Waals surface area contributed by atoms with Gasteiger partial charge in [-0.25, -0.2) is 0 Å². The van der Waals surface area contributed by atoms with Crippen molar-refractivity contribution in [2.45, 2.75) is 31.7 Å². The summed E-state index contributed by atoms with van der Waals surface area (Å²) < 4.78 is 1.03. The van der Waals surface area contributed by atoms with Crippen LogP contribution in [-0.2, 0) is 0 Å². The zero-order valence-corrected chi connectivity index (χ0v) is 13.8. The van der Waals surface area contributed by atoms with Gasteiger partial charge in [-0.3, -0.25) is 9.89 Å². The van der Waals surface area contributed by atoms with Crippen LogP contribution in [0.25, 0.3) is 11.3 Å². The Morgan fingerprint density at radius 2 is 1.82 bits per heavy atom. The molecule has 0 spiro atoms. The largest absolute Gasteiger partial charge is 0.347 e. The van der Waals surface area contributed by atoms with Gasteiger partial charge in [0.25, 0.3) is 5.91 Å². The molecule has 2 saturated carbocycles. The summed E-state index contributed by atoms with van der Waals surface area (Å²) in [6.07, 6.45) is 5.03. The highest BCUT2D eigenvalue weighted by molar-refractivity contribution is 9.10. The van der Waals surface area contributed by atoms with E-state index in [0.717, 1.165) is 15.7 Å². The monoisotopic (exact) mass is 359 g/mol. The second-order valence-corrected chi connectivity index (χ2v) is 7.26. The van der Waals surface area contributed by atoms with E-state index in [1.165, 1.54) is 25.7 Å². The van der Waals surface area contributed by atoms with E-state index in [0.29, 0.717) is 23.6 Å². The van der Waals surface area contributed by atoms with Gasteiger partial charge in [-0.2, -0.15) is 5.10 Å². The van der Waals surface area contributed by atoms with Crippen LogP contribution in [0.1, 0.15) is 36.2 Å². The number of nitrogens with zero attached hydrogens (tertiary/aromatic N) is 1. The molecule has 2 N–H and O–H groups in total. The molecule has 0 unspecified atom stereocenters. The number of nitrogens with one attached hydrogen (secondary N) is 2. The second-order valence-electron chi connectivity index (χ2n) is 6.35. The molecule has 5 heteroatoms. The summed E-state index contributed by atoms with van der Waals surface area (Å²) in [5, 5.41) is 10.3. The van der Waals surface area contributed by atoms with E-state index in [2.05, 4.69) is 31.4 Å². The maximum absolute atomic E-state index is 12.4. The lowest BCUT2D eigenvalue weighted by Crippen LogP contribution is -2.38. The third kappa shape index (κ3) is 2.95. The SMILES string of the molecule is O=C(NC(C1CC1)C1CC1)c1cc(-c2ccc(Br)cc2)n[nH]1. The van der Waals surface area contributed by atoms with Crippen molar-refractivity contribution in [1.29, 1.82) is 0 Å². The van der Waals surface area contributed by atoms with E-state index in [9.17, 15) is 4.79 Å². The highest BCUT2D eigenvalue weighted by atomic mass is 79.9. The summed E-state index contributed by atoms with van der Waals surface area (Å²) in [4.78, 5) is 12.4. The van der Waals surface area contributed by atoms with Crippen LogP contribution in [0.2, 0.25) is 0 Å². The molecule has 0 radical (unpaired) electrons. The predicted molar refractivity (Wildman–Crippen MR) is 88.4 cm³/mol. The number of carbonyl (C=O) groups is 1. The lowest BCUT2D eigenvalue weighted by atomic mass is 10.1. The number of halogens is 1. The van der Waals surface area contributed by atoms with Gasteiger partial charge in [0, 0.05) is 16.1 Å². The van der Waals surface area contributed by atoms with Crippen molar-refractivity contribution < 1.29 is 4.79 Å². The fourth-order valence-corrected chi connectivity index (χ4v) is 3.23. The van der Waals surface area contributed by atoms with Crippen LogP contribution in [0, 0.1) is 11.8 Å². The first-order valence-corrected chi connectivity index (χ1v) is 8.62. The zero-order valence-electron chi connectivity index (χ0n) is 12.2. The highest BCUT2D eigenvalue weighted by Gasteiger charge is 2.42. The maximum atomic E-state index is 12.4. The van der Waals surface area contributed by atoms with Gasteiger partial charge in [0.15, 0.2) is 0 Å². The lowest BCUT2D eigenvalue weighted by Gasteiger charge is -2.16. The van der Waals surface area contributed by atoms with Crippen LogP contribution in [0.3, 0.4) is 0 Å². The van der Waals surface area contributed by atoms with Crippen molar-refractivity contribution in [2.24, 2.45) is 11.8 Å². The van der Waals surface area contributed by atoms with Gasteiger partial charge < -0.3 is 5.32 Å². The van der Waals surface area contributed by atoms with Crippen LogP contribution in [0.15, 0.2) is 34.8 Å². The number of aromatic amines is 1. The number of amides is 1. The molecule has 22 heavy (non-hydrogen) atoms. The number of carbonyl (C=O) groups excluding carboxylic acids is 1. The van der Waals surface area contributed by atoms with Gasteiger partial charge in [-0.15, -0.1) is 0 Å². The third-order valence-electron chi connectivity index (χ3n) is 4.52. The molecule has 2 aliphatic rings. The number of benzene rings is 1. The number of hydrogen-bond donors (Lipinski definition) is 2. The highest BCUT2D eigenvalue weighted by Crippen LogP contribution is 2.44. The molecule has 1 aromatic carbocycles. The molecule has 4 nitrogen and oxygen atoms in total. The van der Waals surface area contributed by atoms with Crippen molar-refractivity contribution in [1.82, 2.24) is 15.5 Å². The smallest absolute Gasteiger partial charge is 0.269 e. The zero-order chi connectivity index (χ0) is 15.1. The molecule has 0 bridgehead atoms. The minimum Gasteiger partial charge on any atom is -0.347 e. The lowest BCUT2D eigenvalue weighted by molar-refractivity contribution is 0.0921. The van der Waals surface area contributed by atoms with Crippen molar-refractivity contribution >= 4 is 21.8 Å². The Bertz CT molecular complexity index is 674. The fraction of sp³-hybridized carbons (Fsp3) is 0.412. The molecule has 1 heterocycles. The van der Waals surface area contributed by atoms with Gasteiger partial charge >= 0.3 is 0 Å². The molecule has 0 aliphatic heterocycles. The van der Waals surface area contributed by atoms with Crippen LogP contribution in [-0.4, -0.2) is 22.1 Å². The molecule has 4 rings (SSSR count). The van der Waals surface area contributed by atoms with E-state index < -0.39 is 0 Å². The number of hydrogen-bond acceptors (Lipinski definition) is 2. The molecule has 0 saturated heterocycles. The third-order valence-corrected chi connectivity index (χ3v) is 5.05. The first-order valence-electron chi connectivity index (χ1n) is 7.83. The van der Waals surface area contributed by atoms with Gasteiger partial charge in [0.1, 0.15) is 5.69 Å². The van der Waals surface area contributed by atoms with E-state index in [4.69, 9.17) is 0 Å². The summed E-state index contributed by atoms with van der Waals surface area (Å²) in [5.74, 6) is 1.37. The van der Waals surface area contributed by atoms with Gasteiger partial charge in [0.05, 0.1) is 5.69 Å². The molecule has 1 amide bonds. The maximum Gasteiger partial charge on any atom is 0.269 e. The Morgan fingerprint density at radius 3 is 2.41 bits per heavy atom. The Balaban J connectivity index is 1.48. The van der Waals surface area contributed by atoms with Crippen LogP contribution in [0.4, 0.5) is 0 Å². The molecule has 114 valence electrons. The van der Waals surface area contributed by atoms with E-state index in [1.807, 2.05) is 30.3 Å². The summed E-state index contributed by atoms with van der Waals surface area (Å²) in [6.45, 7) is 0. The van der Waals surface area contributed by atoms with E-state index in [1.54, 1.807) is 0 Å². The van der Waals surface area contributed by atoms with Crippen molar-refractivity contribution in [3.8, 4) is 11.3 Å². The normalized spacial score (nSPS) is 17.7. The number of H-pyrrole nitrogens is 1. The quantitative estimate of drug-likeness (QED) is 0.853. The molecule has 1 aromatic heterocycles. The summed E-state index contributed by atoms with van der Waals surface area (Å²) in [5.41, 5.74) is 2.34. The minimum atomic E-state index is -0.0281. The summed E-state index contributed by atoms with van der Waals surface area (Å²) in [7, 11) is 0. The van der Waals surface area contributed by atoms with Gasteiger partial charge in [-0.05, 0) is 55.7 Å². The van der Waals surface area contributed by atoms with E-state index >= 15 is 0 Å². The molecular formula is C17H18BrN3O. The Hall–Kier alpha value is -1.62. The van der Waals surface area contributed by atoms with E-state index in [-0.39, 0.29) is 5.91 Å². The molecule has 2 aromatic rings. The average Bonchev–Trinajstić information content (AvgIpc) is 3.44. The summed E-state index contributed by atoms with van der Waals surface area (Å²) >= 11 is 3.42. The van der Waals surface area contributed by atoms with Gasteiger partial charge in [0.2, 0.25) is 0 Å². The van der Waals surface area contributed by atoms with Gasteiger partial charge in [-0.1, -0.05) is 28.1 Å². The van der Waals surface area contributed by atoms with Crippen LogP contribution < -0.4 is 5.32 Å². The first-order chi connectivity index (χ1) is 10.7. The number of aromatic nitrogens is 2. The Labute approximate surface area is 137 Å². The predicted octanol–water partition coefficient (Wildman–Crippen LogP) is 3.76. The van der Waals surface area contributed by atoms with Crippen LogP contribution >= 0.6 is 15.9 Å². The molecule has 2 aliphatic carbocycles. The van der Waals surface area contributed by atoms with Crippen molar-refractivity contribution in [3.63, 3.8) is 0 Å². The Morgan fingerprint density at radius 1 is 1.18 bits per heavy atom. The molecule has 2 fully saturated rings. The fourth-order valence-electron chi connectivity index (χ4n) is 2.97. The average molecular weight is 360 g/mol. The Kier molecular flexibility index (Phi) is 3.53. The summed E-state index contributed by atoms with van der Waals surface area (Å²) in [6, 6.07) is 10.1. The number of rotatable bonds is 5. The standard InChI is InChI=1S/C17H18BrN3O/c18-13-7-5-10(6-8-13)14-9-15(21-20-14)17(22)19-16(11-1-2-11)12-3-4-12/h5-9,11-12,16H,1-4H2,(H,19,22)(H,20,21). The minimum absolute atomic E-state index is 0.0281. The topological polar surface area (TPSA) is 57.8 Å². The first kappa shape index (κ1) is 14.0.